The van der Waals surface area contributed by atoms with E-state index in [2.05, 4.69) is 30.6 Å². The molecule has 39 heavy (non-hydrogen) atoms. The summed E-state index contributed by atoms with van der Waals surface area (Å²) in [6, 6.07) is 5.04. The maximum Gasteiger partial charge on any atom is 0.334 e. The van der Waals surface area contributed by atoms with Crippen LogP contribution < -0.4 is 5.32 Å². The molecule has 14 heteroatoms. The van der Waals surface area contributed by atoms with Gasteiger partial charge in [0.05, 0.1) is 29.2 Å². The first-order valence-corrected chi connectivity index (χ1v) is 11.7. The zero-order valence-electron chi connectivity index (χ0n) is 21.0. The van der Waals surface area contributed by atoms with Crippen molar-refractivity contribution in [3.05, 3.63) is 77.5 Å². The summed E-state index contributed by atoms with van der Waals surface area (Å²) >= 11 is 0. The molecule has 1 aliphatic rings. The molecule has 0 fully saturated rings. The van der Waals surface area contributed by atoms with Crippen molar-refractivity contribution in [2.24, 2.45) is 7.05 Å². The SMILES string of the molecule is Cc1cnc(Nc2ccnn2C)nc1-c1cc2n(c1)C[C@H](C)n1c-2nnc1C(F)(F)c1cc(F)ccc1F.S. The number of aromatic nitrogens is 8. The second-order valence-corrected chi connectivity index (χ2v) is 9.22. The molecule has 0 bridgehead atoms. The zero-order valence-corrected chi connectivity index (χ0v) is 22.0. The molecule has 1 aromatic carbocycles. The molecule has 4 aromatic heterocycles. The Morgan fingerprint density at radius 3 is 2.64 bits per heavy atom. The zero-order chi connectivity index (χ0) is 26.8. The van der Waals surface area contributed by atoms with Crippen LogP contribution in [-0.2, 0) is 19.5 Å². The number of anilines is 2. The Bertz CT molecular complexity index is 1690. The van der Waals surface area contributed by atoms with Crippen molar-refractivity contribution in [3.8, 4) is 22.8 Å². The van der Waals surface area contributed by atoms with Crippen molar-refractivity contribution >= 4 is 25.3 Å². The number of nitrogens with zero attached hydrogens (tertiary/aromatic N) is 8. The monoisotopic (exact) mass is 557 g/mol. The highest BCUT2D eigenvalue weighted by molar-refractivity contribution is 7.59. The highest BCUT2D eigenvalue weighted by Gasteiger charge is 2.45. The van der Waals surface area contributed by atoms with E-state index in [9.17, 15) is 8.78 Å². The summed E-state index contributed by atoms with van der Waals surface area (Å²) < 4.78 is 63.8. The van der Waals surface area contributed by atoms with E-state index in [1.165, 1.54) is 4.57 Å². The number of fused-ring (bicyclic) bond motifs is 3. The highest BCUT2D eigenvalue weighted by Crippen LogP contribution is 2.42. The fourth-order valence-electron chi connectivity index (χ4n) is 4.71. The number of alkyl halides is 2. The average molecular weight is 558 g/mol. The molecule has 0 aliphatic carbocycles. The Balaban J connectivity index is 0.00000308. The number of halogens is 4. The molecular weight excluding hydrogens is 534 g/mol. The van der Waals surface area contributed by atoms with Gasteiger partial charge in [0.25, 0.3) is 0 Å². The lowest BCUT2D eigenvalue weighted by Crippen LogP contribution is -2.28. The predicted octanol–water partition coefficient (Wildman–Crippen LogP) is 5.09. The van der Waals surface area contributed by atoms with Gasteiger partial charge in [-0.15, -0.1) is 10.2 Å². The van der Waals surface area contributed by atoms with Crippen LogP contribution in [0, 0.1) is 18.6 Å². The van der Waals surface area contributed by atoms with Gasteiger partial charge in [-0.25, -0.2) is 18.7 Å². The first-order valence-electron chi connectivity index (χ1n) is 11.7. The molecule has 0 spiro atoms. The normalized spacial score (nSPS) is 14.5. The molecule has 6 rings (SSSR count). The average Bonchev–Trinajstić information content (AvgIpc) is 3.60. The molecule has 0 radical (unpaired) electrons. The van der Waals surface area contributed by atoms with Gasteiger partial charge in [0.15, 0.2) is 5.82 Å². The van der Waals surface area contributed by atoms with Gasteiger partial charge in [-0.05, 0) is 43.7 Å². The third-order valence-electron chi connectivity index (χ3n) is 6.58. The minimum absolute atomic E-state index is 0. The quantitative estimate of drug-likeness (QED) is 0.303. The van der Waals surface area contributed by atoms with Crippen molar-refractivity contribution in [2.45, 2.75) is 32.4 Å². The van der Waals surface area contributed by atoms with Crippen LogP contribution in [0.2, 0.25) is 0 Å². The van der Waals surface area contributed by atoms with Crippen LogP contribution in [0.5, 0.6) is 0 Å². The molecule has 202 valence electrons. The lowest BCUT2D eigenvalue weighted by atomic mass is 10.1. The smallest absolute Gasteiger partial charge is 0.334 e. The molecule has 1 aliphatic heterocycles. The van der Waals surface area contributed by atoms with Crippen LogP contribution in [0.3, 0.4) is 0 Å². The van der Waals surface area contributed by atoms with Gasteiger partial charge in [-0.3, -0.25) is 9.25 Å². The Morgan fingerprint density at radius 2 is 1.90 bits per heavy atom. The first kappa shape index (κ1) is 26.4. The maximum absolute atomic E-state index is 15.5. The van der Waals surface area contributed by atoms with E-state index in [0.29, 0.717) is 41.8 Å². The van der Waals surface area contributed by atoms with Gasteiger partial charge in [-0.1, -0.05) is 0 Å². The van der Waals surface area contributed by atoms with E-state index in [1.807, 2.05) is 17.7 Å². The van der Waals surface area contributed by atoms with Gasteiger partial charge in [0.2, 0.25) is 11.8 Å². The van der Waals surface area contributed by atoms with Gasteiger partial charge in [-0.2, -0.15) is 27.4 Å². The second-order valence-electron chi connectivity index (χ2n) is 9.22. The summed E-state index contributed by atoms with van der Waals surface area (Å²) in [6.07, 6.45) is 5.21. The maximum atomic E-state index is 15.5. The lowest BCUT2D eigenvalue weighted by molar-refractivity contribution is 0.0227. The van der Waals surface area contributed by atoms with Gasteiger partial charge >= 0.3 is 5.92 Å². The molecule has 0 amide bonds. The Hall–Kier alpha value is -4.20. The summed E-state index contributed by atoms with van der Waals surface area (Å²) in [5, 5.41) is 15.0. The van der Waals surface area contributed by atoms with Crippen LogP contribution in [0.1, 0.15) is 29.9 Å². The predicted molar refractivity (Wildman–Crippen MR) is 140 cm³/mol. The fourth-order valence-corrected chi connectivity index (χ4v) is 4.71. The van der Waals surface area contributed by atoms with Crippen LogP contribution in [-0.4, -0.2) is 39.1 Å². The molecule has 5 aromatic rings. The van der Waals surface area contributed by atoms with Crippen molar-refractivity contribution in [3.63, 3.8) is 0 Å². The van der Waals surface area contributed by atoms with Gasteiger partial charge in [0.1, 0.15) is 17.5 Å². The number of aryl methyl sites for hydroxylation is 2. The van der Waals surface area contributed by atoms with Crippen molar-refractivity contribution in [1.82, 2.24) is 39.1 Å². The van der Waals surface area contributed by atoms with Crippen LogP contribution >= 0.6 is 13.5 Å². The van der Waals surface area contributed by atoms with E-state index < -0.39 is 35.0 Å². The standard InChI is InChI=1S/C25H21F4N9.H2S/c1-13-10-30-24(32-20-6-7-31-36(20)3)33-21(13)15-8-19-22-34-35-23(38(22)14(2)11-37(19)12-15)25(28,29)17-9-16(26)4-5-18(17)27;/h4-10,12,14H,11H2,1-3H3,(H,30,32,33);1H2/t14-;/m0./s1. The molecule has 9 nitrogen and oxygen atoms in total. The number of hydrogen-bond acceptors (Lipinski definition) is 6. The summed E-state index contributed by atoms with van der Waals surface area (Å²) in [4.78, 5) is 9.01. The Morgan fingerprint density at radius 1 is 1.10 bits per heavy atom. The minimum atomic E-state index is -3.90. The number of rotatable bonds is 5. The third kappa shape index (κ3) is 4.33. The van der Waals surface area contributed by atoms with Crippen LogP contribution in [0.15, 0.2) is 48.9 Å². The number of hydrogen-bond donors (Lipinski definition) is 1. The molecule has 1 N–H and O–H groups in total. The number of nitrogens with one attached hydrogen (secondary N) is 1. The topological polar surface area (TPSA) is 91.3 Å². The Labute approximate surface area is 227 Å². The van der Waals surface area contributed by atoms with Gasteiger partial charge in [0, 0.05) is 37.6 Å². The van der Waals surface area contributed by atoms with Crippen LogP contribution in [0.4, 0.5) is 29.3 Å². The molecule has 0 saturated carbocycles. The summed E-state index contributed by atoms with van der Waals surface area (Å²) in [6.45, 7) is 3.94. The molecular formula is C25H23F4N9S. The largest absolute Gasteiger partial charge is 0.342 e. The highest BCUT2D eigenvalue weighted by atomic mass is 32.1. The fraction of sp³-hybridized carbons (Fsp3) is 0.240. The van der Waals surface area contributed by atoms with Crippen LogP contribution in [0.25, 0.3) is 22.8 Å². The van der Waals surface area contributed by atoms with E-state index in [0.717, 1.165) is 17.2 Å². The van der Waals surface area contributed by atoms with E-state index in [-0.39, 0.29) is 19.3 Å². The summed E-state index contributed by atoms with van der Waals surface area (Å²) in [5.41, 5.74) is 1.66. The molecule has 0 saturated heterocycles. The minimum Gasteiger partial charge on any atom is -0.342 e. The molecule has 0 unspecified atom stereocenters. The molecule has 1 atom stereocenters. The summed E-state index contributed by atoms with van der Waals surface area (Å²) in [7, 11) is 1.79. The van der Waals surface area contributed by atoms with E-state index >= 15 is 8.78 Å². The van der Waals surface area contributed by atoms with Gasteiger partial charge < -0.3 is 9.88 Å². The van der Waals surface area contributed by atoms with E-state index in [4.69, 9.17) is 0 Å². The third-order valence-corrected chi connectivity index (χ3v) is 6.58. The second kappa shape index (κ2) is 9.52. The van der Waals surface area contributed by atoms with E-state index in [1.54, 1.807) is 43.2 Å². The summed E-state index contributed by atoms with van der Waals surface area (Å²) in [5.74, 6) is -5.57. The van der Waals surface area contributed by atoms with Crippen molar-refractivity contribution in [2.75, 3.05) is 5.32 Å². The number of benzene rings is 1. The van der Waals surface area contributed by atoms with Crippen molar-refractivity contribution in [1.29, 1.82) is 0 Å². The first-order chi connectivity index (χ1) is 18.1. The van der Waals surface area contributed by atoms with Crippen molar-refractivity contribution < 1.29 is 17.6 Å². The Kier molecular flexibility index (Phi) is 6.45. The lowest BCUT2D eigenvalue weighted by Gasteiger charge is -2.27. The molecule has 5 heterocycles.